The van der Waals surface area contributed by atoms with Gasteiger partial charge in [-0.25, -0.2) is 15.0 Å². The van der Waals surface area contributed by atoms with E-state index in [2.05, 4.69) is 97.1 Å². The van der Waals surface area contributed by atoms with Crippen LogP contribution in [0, 0.1) is 0 Å². The molecule has 58 heavy (non-hydrogen) atoms. The van der Waals surface area contributed by atoms with Crippen molar-refractivity contribution in [2.24, 2.45) is 0 Å². The molecule has 0 radical (unpaired) electrons. The van der Waals surface area contributed by atoms with Gasteiger partial charge in [0.05, 0.1) is 5.41 Å². The van der Waals surface area contributed by atoms with Gasteiger partial charge in [-0.1, -0.05) is 127 Å². The molecule has 6 nitrogen and oxygen atoms in total. The molecule has 0 fully saturated rings. The fraction of sp³-hybridized carbons (Fsp3) is 0.0192. The van der Waals surface area contributed by atoms with Gasteiger partial charge in [-0.2, -0.15) is 0 Å². The van der Waals surface area contributed by atoms with E-state index in [1.54, 1.807) is 0 Å². The molecule has 0 atom stereocenters. The number of benzene rings is 8. The zero-order valence-corrected chi connectivity index (χ0v) is 30.8. The first-order valence-corrected chi connectivity index (χ1v) is 19.4. The van der Waals surface area contributed by atoms with Gasteiger partial charge in [-0.05, 0) is 70.8 Å². The summed E-state index contributed by atoms with van der Waals surface area (Å²) >= 11 is 0. The standard InChI is InChI=1S/C52H29N3O3/c1-2-13-30(14-3-1)49-53-50(31-25-26-34-33-16-5-9-21-42(33)56-46(34)27-31)55-51(54-49)35-17-12-24-45-48(35)37-28-36-32-15-4-6-18-38(32)52(41(36)29-47(37)58-45)39-19-7-10-22-43(39)57-44-23-11-8-20-40(44)52/h1-29H. The van der Waals surface area contributed by atoms with Gasteiger partial charge in [-0.15, -0.1) is 0 Å². The first-order chi connectivity index (χ1) is 28.7. The summed E-state index contributed by atoms with van der Waals surface area (Å²) in [4.78, 5) is 15.4. The molecule has 3 aromatic heterocycles. The number of ether oxygens (including phenoxy) is 1. The average Bonchev–Trinajstić information content (AvgIpc) is 3.94. The molecule has 0 saturated heterocycles. The number of fused-ring (bicyclic) bond motifs is 15. The summed E-state index contributed by atoms with van der Waals surface area (Å²) in [5, 5.41) is 4.08. The van der Waals surface area contributed by atoms with Gasteiger partial charge in [0.1, 0.15) is 33.8 Å². The fourth-order valence-corrected chi connectivity index (χ4v) is 9.56. The number of furan rings is 2. The van der Waals surface area contributed by atoms with Crippen molar-refractivity contribution in [3.63, 3.8) is 0 Å². The maximum absolute atomic E-state index is 6.84. The third kappa shape index (κ3) is 4.23. The van der Waals surface area contributed by atoms with Crippen LogP contribution in [0.15, 0.2) is 185 Å². The van der Waals surface area contributed by atoms with Crippen molar-refractivity contribution >= 4 is 43.9 Å². The Morgan fingerprint density at radius 1 is 0.345 bits per heavy atom. The largest absolute Gasteiger partial charge is 0.457 e. The van der Waals surface area contributed by atoms with Gasteiger partial charge in [0.2, 0.25) is 0 Å². The summed E-state index contributed by atoms with van der Waals surface area (Å²) in [5.41, 5.74) is 12.2. The highest BCUT2D eigenvalue weighted by molar-refractivity contribution is 6.14. The van der Waals surface area contributed by atoms with E-state index in [1.165, 1.54) is 16.7 Å². The van der Waals surface area contributed by atoms with E-state index in [4.69, 9.17) is 28.5 Å². The molecule has 4 heterocycles. The van der Waals surface area contributed by atoms with E-state index >= 15 is 0 Å². The number of nitrogens with zero attached hydrogens (tertiary/aromatic N) is 3. The fourth-order valence-electron chi connectivity index (χ4n) is 9.56. The molecular weight excluding hydrogens is 715 g/mol. The van der Waals surface area contributed by atoms with Crippen molar-refractivity contribution in [2.75, 3.05) is 0 Å². The average molecular weight is 744 g/mol. The van der Waals surface area contributed by atoms with E-state index in [0.717, 1.165) is 88.8 Å². The molecule has 0 saturated carbocycles. The van der Waals surface area contributed by atoms with Crippen LogP contribution in [0.5, 0.6) is 11.5 Å². The van der Waals surface area contributed by atoms with Crippen LogP contribution in [0.4, 0.5) is 0 Å². The van der Waals surface area contributed by atoms with Crippen molar-refractivity contribution < 1.29 is 13.6 Å². The first kappa shape index (κ1) is 31.4. The maximum Gasteiger partial charge on any atom is 0.164 e. The minimum Gasteiger partial charge on any atom is -0.457 e. The van der Waals surface area contributed by atoms with E-state index < -0.39 is 5.41 Å². The quantitative estimate of drug-likeness (QED) is 0.179. The molecule has 2 aliphatic rings. The Bertz CT molecular complexity index is 3460. The molecular formula is C52H29N3O3. The Balaban J connectivity index is 1.06. The Labute approximate surface area is 331 Å². The topological polar surface area (TPSA) is 74.2 Å². The molecule has 11 aromatic rings. The molecule has 0 N–H and O–H groups in total. The predicted molar refractivity (Wildman–Crippen MR) is 228 cm³/mol. The number of hydrogen-bond donors (Lipinski definition) is 0. The van der Waals surface area contributed by atoms with Crippen molar-refractivity contribution in [3.05, 3.63) is 198 Å². The van der Waals surface area contributed by atoms with E-state index in [1.807, 2.05) is 78.9 Å². The van der Waals surface area contributed by atoms with Crippen LogP contribution in [0.1, 0.15) is 22.3 Å². The number of rotatable bonds is 3. The second kappa shape index (κ2) is 11.6. The summed E-state index contributed by atoms with van der Waals surface area (Å²) in [6.45, 7) is 0. The zero-order chi connectivity index (χ0) is 38.0. The molecule has 0 bridgehead atoms. The normalized spacial score (nSPS) is 13.4. The molecule has 0 unspecified atom stereocenters. The van der Waals surface area contributed by atoms with E-state index in [9.17, 15) is 0 Å². The lowest BCUT2D eigenvalue weighted by atomic mass is 9.66. The smallest absolute Gasteiger partial charge is 0.164 e. The summed E-state index contributed by atoms with van der Waals surface area (Å²) in [5.74, 6) is 3.42. The van der Waals surface area contributed by atoms with Crippen molar-refractivity contribution in [1.29, 1.82) is 0 Å². The lowest BCUT2D eigenvalue weighted by Crippen LogP contribution is -2.32. The lowest BCUT2D eigenvalue weighted by molar-refractivity contribution is 0.436. The molecule has 1 aliphatic carbocycles. The molecule has 1 aliphatic heterocycles. The summed E-state index contributed by atoms with van der Waals surface area (Å²) in [6, 6.07) is 60.6. The van der Waals surface area contributed by atoms with Crippen molar-refractivity contribution in [2.45, 2.75) is 5.41 Å². The highest BCUT2D eigenvalue weighted by Crippen LogP contribution is 2.62. The zero-order valence-electron chi connectivity index (χ0n) is 30.8. The second-order valence-corrected chi connectivity index (χ2v) is 15.0. The van der Waals surface area contributed by atoms with Crippen LogP contribution in [-0.2, 0) is 5.41 Å². The third-order valence-electron chi connectivity index (χ3n) is 12.0. The summed E-state index contributed by atoms with van der Waals surface area (Å²) in [6.07, 6.45) is 0. The predicted octanol–water partition coefficient (Wildman–Crippen LogP) is 13.1. The van der Waals surface area contributed by atoms with Crippen LogP contribution in [-0.4, -0.2) is 15.0 Å². The van der Waals surface area contributed by atoms with E-state index in [-0.39, 0.29) is 0 Å². The monoisotopic (exact) mass is 743 g/mol. The van der Waals surface area contributed by atoms with Gasteiger partial charge in [0.15, 0.2) is 17.5 Å². The Morgan fingerprint density at radius 2 is 0.948 bits per heavy atom. The van der Waals surface area contributed by atoms with Crippen LogP contribution < -0.4 is 4.74 Å². The minimum atomic E-state index is -0.595. The molecule has 0 amide bonds. The van der Waals surface area contributed by atoms with Gasteiger partial charge >= 0.3 is 0 Å². The van der Waals surface area contributed by atoms with Crippen molar-refractivity contribution in [3.8, 4) is 56.8 Å². The highest BCUT2D eigenvalue weighted by atomic mass is 16.5. The van der Waals surface area contributed by atoms with Crippen LogP contribution in [0.3, 0.4) is 0 Å². The Morgan fingerprint density at radius 3 is 1.78 bits per heavy atom. The summed E-state index contributed by atoms with van der Waals surface area (Å²) < 4.78 is 19.7. The first-order valence-electron chi connectivity index (χ1n) is 19.4. The third-order valence-corrected chi connectivity index (χ3v) is 12.0. The van der Waals surface area contributed by atoms with Crippen LogP contribution in [0.2, 0.25) is 0 Å². The maximum atomic E-state index is 6.84. The molecule has 1 spiro atoms. The molecule has 13 rings (SSSR count). The minimum absolute atomic E-state index is 0.560. The Hall–Kier alpha value is -7.83. The number of aromatic nitrogens is 3. The summed E-state index contributed by atoms with van der Waals surface area (Å²) in [7, 11) is 0. The molecule has 8 aromatic carbocycles. The number of hydrogen-bond acceptors (Lipinski definition) is 6. The van der Waals surface area contributed by atoms with Gasteiger partial charge in [0, 0.05) is 49.4 Å². The number of para-hydroxylation sites is 3. The van der Waals surface area contributed by atoms with E-state index in [0.29, 0.717) is 17.5 Å². The molecule has 6 heteroatoms. The SMILES string of the molecule is c1ccc(-c2nc(-c3ccc4c(c3)oc3ccccc34)nc(-c3cccc4oc5cc6c(cc5c34)-c3ccccc3C63c4ccccc4Oc4ccccc43)n2)cc1. The second-order valence-electron chi connectivity index (χ2n) is 15.0. The highest BCUT2D eigenvalue weighted by Gasteiger charge is 2.51. The van der Waals surface area contributed by atoms with Crippen LogP contribution in [0.25, 0.3) is 89.2 Å². The van der Waals surface area contributed by atoms with Gasteiger partial charge in [-0.3, -0.25) is 0 Å². The van der Waals surface area contributed by atoms with Gasteiger partial charge in [0.25, 0.3) is 0 Å². The van der Waals surface area contributed by atoms with Crippen LogP contribution >= 0.6 is 0 Å². The molecule has 270 valence electrons. The van der Waals surface area contributed by atoms with Gasteiger partial charge < -0.3 is 13.6 Å². The lowest BCUT2D eigenvalue weighted by Gasteiger charge is -2.39. The van der Waals surface area contributed by atoms with Crippen molar-refractivity contribution in [1.82, 2.24) is 15.0 Å². The Kier molecular flexibility index (Phi) is 6.28.